The van der Waals surface area contributed by atoms with Crippen molar-refractivity contribution >= 4 is 0 Å². The van der Waals surface area contributed by atoms with Crippen LogP contribution in [0, 0.1) is 0 Å². The van der Waals surface area contributed by atoms with Crippen molar-refractivity contribution < 1.29 is 18.6 Å². The van der Waals surface area contributed by atoms with Crippen LogP contribution in [-0.2, 0) is 11.3 Å². The number of aliphatic hydroxyl groups is 1. The summed E-state index contributed by atoms with van der Waals surface area (Å²) in [6.45, 7) is 0.870. The van der Waals surface area contributed by atoms with Crippen LogP contribution in [-0.4, -0.2) is 53.7 Å². The molecule has 0 saturated heterocycles. The summed E-state index contributed by atoms with van der Waals surface area (Å²) < 4.78 is 29.7. The van der Waals surface area contributed by atoms with E-state index in [1.54, 1.807) is 23.1 Å². The summed E-state index contributed by atoms with van der Waals surface area (Å²) >= 11 is 0. The normalized spacial score (nSPS) is 13.2. The topological polar surface area (TPSA) is 59.3 Å². The highest BCUT2D eigenvalue weighted by Crippen LogP contribution is 1.92. The lowest BCUT2D eigenvalue weighted by Crippen LogP contribution is -2.32. The fourth-order valence-corrected chi connectivity index (χ4v) is 1.27. The Balaban J connectivity index is 1.95. The van der Waals surface area contributed by atoms with Gasteiger partial charge < -0.3 is 15.2 Å². The zero-order valence-electron chi connectivity index (χ0n) is 9.43. The minimum atomic E-state index is -2.43. The highest BCUT2D eigenvalue weighted by atomic mass is 19.3. The first-order valence-electron chi connectivity index (χ1n) is 5.40. The molecule has 1 unspecified atom stereocenters. The second-order valence-corrected chi connectivity index (χ2v) is 3.55. The van der Waals surface area contributed by atoms with Gasteiger partial charge in [-0.2, -0.15) is 5.10 Å². The number of hydrogen-bond acceptors (Lipinski definition) is 4. The third-order valence-corrected chi connectivity index (χ3v) is 2.00. The number of nitrogens with zero attached hydrogens (tertiary/aromatic N) is 2. The lowest BCUT2D eigenvalue weighted by atomic mass is 10.3. The van der Waals surface area contributed by atoms with Gasteiger partial charge in [-0.15, -0.1) is 0 Å². The van der Waals surface area contributed by atoms with E-state index in [0.29, 0.717) is 19.6 Å². The van der Waals surface area contributed by atoms with Crippen molar-refractivity contribution in [2.24, 2.45) is 0 Å². The largest absolute Gasteiger partial charge is 0.390 e. The van der Waals surface area contributed by atoms with Gasteiger partial charge in [-0.25, -0.2) is 8.78 Å². The van der Waals surface area contributed by atoms with Gasteiger partial charge in [-0.1, -0.05) is 0 Å². The zero-order chi connectivity index (χ0) is 12.5. The Morgan fingerprint density at radius 2 is 2.29 bits per heavy atom. The van der Waals surface area contributed by atoms with Crippen molar-refractivity contribution in [2.45, 2.75) is 19.1 Å². The fraction of sp³-hybridized carbons (Fsp3) is 0.700. The van der Waals surface area contributed by atoms with Gasteiger partial charge in [-0.3, -0.25) is 4.68 Å². The van der Waals surface area contributed by atoms with Crippen LogP contribution < -0.4 is 5.32 Å². The lowest BCUT2D eigenvalue weighted by molar-refractivity contribution is 0.0179. The summed E-state index contributed by atoms with van der Waals surface area (Å²) in [4.78, 5) is 0. The Morgan fingerprint density at radius 1 is 1.47 bits per heavy atom. The Bertz CT molecular complexity index is 283. The number of nitrogens with one attached hydrogen (secondary N) is 1. The molecule has 17 heavy (non-hydrogen) atoms. The fourth-order valence-electron chi connectivity index (χ4n) is 1.27. The molecule has 0 aromatic carbocycles. The number of alkyl halides is 2. The number of halogens is 2. The molecule has 0 radical (unpaired) electrons. The van der Waals surface area contributed by atoms with Gasteiger partial charge in [0.1, 0.15) is 6.61 Å². The van der Waals surface area contributed by atoms with Crippen LogP contribution in [0.5, 0.6) is 0 Å². The van der Waals surface area contributed by atoms with Gasteiger partial charge >= 0.3 is 0 Å². The Hall–Kier alpha value is -1.05. The van der Waals surface area contributed by atoms with E-state index in [4.69, 9.17) is 0 Å². The van der Waals surface area contributed by atoms with Crippen molar-refractivity contribution in [2.75, 3.05) is 26.3 Å². The predicted molar refractivity (Wildman–Crippen MR) is 57.9 cm³/mol. The van der Waals surface area contributed by atoms with Crippen LogP contribution in [0.4, 0.5) is 8.78 Å². The minimum absolute atomic E-state index is 0.207. The van der Waals surface area contributed by atoms with Gasteiger partial charge in [0.05, 0.1) is 19.3 Å². The van der Waals surface area contributed by atoms with E-state index < -0.39 is 19.1 Å². The van der Waals surface area contributed by atoms with E-state index >= 15 is 0 Å². The smallest absolute Gasteiger partial charge is 0.261 e. The molecule has 0 amide bonds. The molecule has 1 atom stereocenters. The molecule has 0 aliphatic carbocycles. The molecule has 2 N–H and O–H groups in total. The molecule has 1 heterocycles. The van der Waals surface area contributed by atoms with Crippen LogP contribution in [0.15, 0.2) is 18.5 Å². The summed E-state index contributed by atoms with van der Waals surface area (Å²) in [5.41, 5.74) is 0. The summed E-state index contributed by atoms with van der Waals surface area (Å²) in [5.74, 6) is 0. The number of aromatic nitrogens is 2. The molecular formula is C10H17F2N3O2. The van der Waals surface area contributed by atoms with E-state index in [0.717, 1.165) is 0 Å². The van der Waals surface area contributed by atoms with Crippen molar-refractivity contribution in [3.05, 3.63) is 18.5 Å². The van der Waals surface area contributed by atoms with Crippen LogP contribution >= 0.6 is 0 Å². The molecule has 7 heteroatoms. The maximum absolute atomic E-state index is 11.7. The minimum Gasteiger partial charge on any atom is -0.390 e. The first-order chi connectivity index (χ1) is 8.18. The second kappa shape index (κ2) is 8.10. The van der Waals surface area contributed by atoms with E-state index in [2.05, 4.69) is 15.2 Å². The number of hydrogen-bond donors (Lipinski definition) is 2. The summed E-state index contributed by atoms with van der Waals surface area (Å²) in [6.07, 6.45) is 0.401. The molecule has 0 fully saturated rings. The van der Waals surface area contributed by atoms with Gasteiger partial charge in [0, 0.05) is 25.5 Å². The summed E-state index contributed by atoms with van der Waals surface area (Å²) in [7, 11) is 0. The average Bonchev–Trinajstić information content (AvgIpc) is 2.75. The van der Waals surface area contributed by atoms with Crippen LogP contribution in [0.3, 0.4) is 0 Å². The molecule has 0 spiro atoms. The third-order valence-electron chi connectivity index (χ3n) is 2.00. The van der Waals surface area contributed by atoms with E-state index in [-0.39, 0.29) is 6.61 Å². The van der Waals surface area contributed by atoms with Gasteiger partial charge in [0.15, 0.2) is 0 Å². The van der Waals surface area contributed by atoms with Gasteiger partial charge in [0.25, 0.3) is 6.43 Å². The number of ether oxygens (including phenoxy) is 1. The summed E-state index contributed by atoms with van der Waals surface area (Å²) in [5, 5.41) is 16.4. The monoisotopic (exact) mass is 249 g/mol. The first-order valence-corrected chi connectivity index (χ1v) is 5.40. The molecule has 0 saturated carbocycles. The van der Waals surface area contributed by atoms with Crippen molar-refractivity contribution in [1.29, 1.82) is 0 Å². The maximum Gasteiger partial charge on any atom is 0.261 e. The van der Waals surface area contributed by atoms with E-state index in [9.17, 15) is 13.9 Å². The molecule has 0 bridgehead atoms. The zero-order valence-corrected chi connectivity index (χ0v) is 9.43. The van der Waals surface area contributed by atoms with Crippen molar-refractivity contribution in [1.82, 2.24) is 15.1 Å². The first kappa shape index (κ1) is 14.0. The average molecular weight is 249 g/mol. The second-order valence-electron chi connectivity index (χ2n) is 3.55. The summed E-state index contributed by atoms with van der Waals surface area (Å²) in [6, 6.07) is 1.78. The molecule has 0 aliphatic rings. The van der Waals surface area contributed by atoms with E-state index in [1.807, 2.05) is 0 Å². The molecular weight excluding hydrogens is 232 g/mol. The highest BCUT2D eigenvalue weighted by molar-refractivity contribution is 4.78. The molecule has 98 valence electrons. The Labute approximate surface area is 98.4 Å². The number of aliphatic hydroxyl groups excluding tert-OH is 1. The van der Waals surface area contributed by atoms with Gasteiger partial charge in [-0.05, 0) is 6.07 Å². The molecule has 1 aromatic rings. The van der Waals surface area contributed by atoms with Crippen molar-refractivity contribution in [3.8, 4) is 0 Å². The predicted octanol–water partition coefficient (Wildman–Crippen LogP) is 0.115. The van der Waals surface area contributed by atoms with E-state index in [1.165, 1.54) is 0 Å². The van der Waals surface area contributed by atoms with Crippen LogP contribution in [0.25, 0.3) is 0 Å². The SMILES string of the molecule is OC(CNCCOCC(F)F)Cn1cccn1. The quantitative estimate of drug-likeness (QED) is 0.610. The van der Waals surface area contributed by atoms with Gasteiger partial charge in [0.2, 0.25) is 0 Å². The number of rotatable bonds is 9. The standard InChI is InChI=1S/C10H17F2N3O2/c11-10(12)8-17-5-3-13-6-9(16)7-15-4-1-2-14-15/h1-2,4,9-10,13,16H,3,5-8H2. The molecule has 5 nitrogen and oxygen atoms in total. The Morgan fingerprint density at radius 3 is 2.94 bits per heavy atom. The van der Waals surface area contributed by atoms with Crippen molar-refractivity contribution in [3.63, 3.8) is 0 Å². The Kier molecular flexibility index (Phi) is 6.68. The lowest BCUT2D eigenvalue weighted by Gasteiger charge is -2.12. The van der Waals surface area contributed by atoms with Crippen LogP contribution in [0.1, 0.15) is 0 Å². The molecule has 0 aliphatic heterocycles. The third kappa shape index (κ3) is 6.98. The molecule has 1 aromatic heterocycles. The maximum atomic E-state index is 11.7. The molecule has 1 rings (SSSR count). The highest BCUT2D eigenvalue weighted by Gasteiger charge is 2.05. The van der Waals surface area contributed by atoms with Crippen LogP contribution in [0.2, 0.25) is 0 Å².